The monoisotopic (exact) mass is 450 g/mol. The van der Waals surface area contributed by atoms with E-state index in [0.29, 0.717) is 29.9 Å². The number of nitrogens with zero attached hydrogens (tertiary/aromatic N) is 1. The van der Waals surface area contributed by atoms with Crippen molar-refractivity contribution in [2.24, 2.45) is 5.92 Å². The van der Waals surface area contributed by atoms with Crippen molar-refractivity contribution < 1.29 is 19.1 Å². The van der Waals surface area contributed by atoms with Crippen LogP contribution >= 0.6 is 0 Å². The van der Waals surface area contributed by atoms with Gasteiger partial charge in [0.1, 0.15) is 11.3 Å². The first-order chi connectivity index (χ1) is 16.0. The van der Waals surface area contributed by atoms with Crippen LogP contribution in [-0.4, -0.2) is 42.7 Å². The first kappa shape index (κ1) is 23.3. The van der Waals surface area contributed by atoms with E-state index in [4.69, 9.17) is 9.15 Å². The molecule has 0 radical (unpaired) electrons. The lowest BCUT2D eigenvalue weighted by molar-refractivity contribution is -0.0289. The van der Waals surface area contributed by atoms with Crippen LogP contribution in [0.2, 0.25) is 0 Å². The normalized spacial score (nSPS) is 16.3. The van der Waals surface area contributed by atoms with Gasteiger partial charge in [-0.2, -0.15) is 0 Å². The fourth-order valence-electron chi connectivity index (χ4n) is 4.68. The number of carbonyl (C=O) groups excluding carboxylic acids is 1. The third-order valence-corrected chi connectivity index (χ3v) is 6.99. The van der Waals surface area contributed by atoms with Crippen LogP contribution in [0.25, 0.3) is 11.0 Å². The van der Waals surface area contributed by atoms with Gasteiger partial charge in [-0.05, 0) is 54.7 Å². The molecule has 0 unspecified atom stereocenters. The van der Waals surface area contributed by atoms with Crippen molar-refractivity contribution >= 4 is 22.6 Å². The summed E-state index contributed by atoms with van der Waals surface area (Å²) in [4.78, 5) is 15.2. The van der Waals surface area contributed by atoms with Crippen molar-refractivity contribution in [2.45, 2.75) is 45.1 Å². The van der Waals surface area contributed by atoms with Crippen molar-refractivity contribution in [3.8, 4) is 5.75 Å². The molecule has 1 saturated heterocycles. The zero-order valence-corrected chi connectivity index (χ0v) is 19.8. The number of carbonyl (C=O) groups is 1. The van der Waals surface area contributed by atoms with Crippen LogP contribution in [0, 0.1) is 5.92 Å². The highest BCUT2D eigenvalue weighted by Crippen LogP contribution is 2.35. The molecule has 2 aromatic carbocycles. The van der Waals surface area contributed by atoms with E-state index in [2.05, 4.69) is 24.1 Å². The van der Waals surface area contributed by atoms with Crippen LogP contribution in [0.4, 0.5) is 5.69 Å². The van der Waals surface area contributed by atoms with Crippen LogP contribution in [-0.2, 0) is 5.60 Å². The first-order valence-electron chi connectivity index (χ1n) is 11.9. The molecular formula is C27H34N2O4. The molecule has 6 heteroatoms. The summed E-state index contributed by atoms with van der Waals surface area (Å²) in [7, 11) is 1.56. The van der Waals surface area contributed by atoms with Gasteiger partial charge < -0.3 is 24.5 Å². The Labute approximate surface area is 195 Å². The van der Waals surface area contributed by atoms with Gasteiger partial charge in [-0.15, -0.1) is 0 Å². The zero-order chi connectivity index (χ0) is 23.4. The lowest BCUT2D eigenvalue weighted by Crippen LogP contribution is -2.44. The van der Waals surface area contributed by atoms with Gasteiger partial charge in [-0.3, -0.25) is 4.79 Å². The average Bonchev–Trinajstić information content (AvgIpc) is 3.28. The topological polar surface area (TPSA) is 74.9 Å². The largest absolute Gasteiger partial charge is 0.495 e. The standard InChI is InChI=1S/C27H34N2O4/c1-4-19(5-2)18-29-14-12-27(31,13-15-29)21-10-11-23-20(16-21)17-25(33-23)26(30)28-22-8-6-7-9-24(22)32-3/h6-11,16-17,19,31H,4-5,12-15,18H2,1-3H3,(H,28,30). The van der Waals surface area contributed by atoms with E-state index in [9.17, 15) is 9.90 Å². The number of furan rings is 1. The van der Waals surface area contributed by atoms with Gasteiger partial charge in [0.15, 0.2) is 5.76 Å². The Bertz CT molecular complexity index is 1090. The lowest BCUT2D eigenvalue weighted by Gasteiger charge is -2.39. The smallest absolute Gasteiger partial charge is 0.291 e. The van der Waals surface area contributed by atoms with Crippen molar-refractivity contribution in [3.05, 3.63) is 59.9 Å². The van der Waals surface area contributed by atoms with Gasteiger partial charge in [0, 0.05) is 25.0 Å². The van der Waals surface area contributed by atoms with E-state index in [0.717, 1.165) is 36.5 Å². The number of benzene rings is 2. The van der Waals surface area contributed by atoms with Gasteiger partial charge >= 0.3 is 0 Å². The highest BCUT2D eigenvalue weighted by Gasteiger charge is 2.34. The quantitative estimate of drug-likeness (QED) is 0.480. The summed E-state index contributed by atoms with van der Waals surface area (Å²) in [6.07, 6.45) is 3.80. The van der Waals surface area contributed by atoms with Crippen molar-refractivity contribution in [2.75, 3.05) is 32.1 Å². The molecular weight excluding hydrogens is 416 g/mol. The molecule has 4 rings (SSSR count). The number of hydrogen-bond donors (Lipinski definition) is 2. The first-order valence-corrected chi connectivity index (χ1v) is 11.9. The second kappa shape index (κ2) is 9.98. The minimum Gasteiger partial charge on any atom is -0.495 e. The Balaban J connectivity index is 1.47. The number of piperidine rings is 1. The SMILES string of the molecule is CCC(CC)CN1CCC(O)(c2ccc3oc(C(=O)Nc4ccccc4OC)cc3c2)CC1. The van der Waals surface area contributed by atoms with E-state index in [1.807, 2.05) is 30.3 Å². The number of hydrogen-bond acceptors (Lipinski definition) is 5. The van der Waals surface area contributed by atoms with Gasteiger partial charge in [-0.1, -0.05) is 44.9 Å². The molecule has 2 N–H and O–H groups in total. The fourth-order valence-corrected chi connectivity index (χ4v) is 4.68. The molecule has 0 bridgehead atoms. The van der Waals surface area contributed by atoms with Gasteiger partial charge in [-0.25, -0.2) is 0 Å². The molecule has 0 aliphatic carbocycles. The molecule has 1 fully saturated rings. The van der Waals surface area contributed by atoms with Crippen molar-refractivity contribution in [1.82, 2.24) is 4.90 Å². The Morgan fingerprint density at radius 2 is 1.88 bits per heavy atom. The molecule has 0 atom stereocenters. The molecule has 1 aromatic heterocycles. The molecule has 1 aliphatic heterocycles. The highest BCUT2D eigenvalue weighted by atomic mass is 16.5. The third-order valence-electron chi connectivity index (χ3n) is 6.99. The molecule has 1 amide bonds. The average molecular weight is 451 g/mol. The van der Waals surface area contributed by atoms with Crippen LogP contribution in [0.5, 0.6) is 5.75 Å². The molecule has 3 aromatic rings. The van der Waals surface area contributed by atoms with E-state index in [1.165, 1.54) is 12.8 Å². The van der Waals surface area contributed by atoms with E-state index >= 15 is 0 Å². The number of methoxy groups -OCH3 is 1. The number of fused-ring (bicyclic) bond motifs is 1. The number of ether oxygens (including phenoxy) is 1. The lowest BCUT2D eigenvalue weighted by atomic mass is 9.83. The Kier molecular flexibility index (Phi) is 7.05. The maximum Gasteiger partial charge on any atom is 0.291 e. The number of anilines is 1. The summed E-state index contributed by atoms with van der Waals surface area (Å²) >= 11 is 0. The molecule has 0 saturated carbocycles. The molecule has 6 nitrogen and oxygen atoms in total. The van der Waals surface area contributed by atoms with Crippen molar-refractivity contribution in [3.63, 3.8) is 0 Å². The van der Waals surface area contributed by atoms with Crippen molar-refractivity contribution in [1.29, 1.82) is 0 Å². The summed E-state index contributed by atoms with van der Waals surface area (Å²) in [5.41, 5.74) is 1.24. The van der Waals surface area contributed by atoms with E-state index in [1.54, 1.807) is 25.3 Å². The summed E-state index contributed by atoms with van der Waals surface area (Å²) in [6, 6.07) is 14.7. The maximum atomic E-state index is 12.8. The van der Waals surface area contributed by atoms with Crippen LogP contribution in [0.1, 0.15) is 55.6 Å². The fraction of sp³-hybridized carbons (Fsp3) is 0.444. The summed E-state index contributed by atoms with van der Waals surface area (Å²) in [5, 5.41) is 15.0. The van der Waals surface area contributed by atoms with Crippen LogP contribution in [0.3, 0.4) is 0 Å². The van der Waals surface area contributed by atoms with Crippen LogP contribution in [0.15, 0.2) is 52.9 Å². The summed E-state index contributed by atoms with van der Waals surface area (Å²) in [6.45, 7) is 7.39. The summed E-state index contributed by atoms with van der Waals surface area (Å²) in [5.74, 6) is 1.19. The minimum atomic E-state index is -0.851. The summed E-state index contributed by atoms with van der Waals surface area (Å²) < 4.78 is 11.1. The maximum absolute atomic E-state index is 12.8. The second-order valence-corrected chi connectivity index (χ2v) is 9.03. The molecule has 0 spiro atoms. The Morgan fingerprint density at radius 3 is 2.58 bits per heavy atom. The Hall–Kier alpha value is -2.83. The number of rotatable bonds is 8. The van der Waals surface area contributed by atoms with E-state index in [-0.39, 0.29) is 11.7 Å². The van der Waals surface area contributed by atoms with Gasteiger partial charge in [0.25, 0.3) is 5.91 Å². The second-order valence-electron chi connectivity index (χ2n) is 9.03. The number of likely N-dealkylation sites (tertiary alicyclic amines) is 1. The third kappa shape index (κ3) is 5.07. The molecule has 2 heterocycles. The molecule has 1 aliphatic rings. The van der Waals surface area contributed by atoms with E-state index < -0.39 is 5.60 Å². The Morgan fingerprint density at radius 1 is 1.15 bits per heavy atom. The predicted molar refractivity (Wildman–Crippen MR) is 131 cm³/mol. The van der Waals surface area contributed by atoms with Gasteiger partial charge in [0.05, 0.1) is 18.4 Å². The predicted octanol–water partition coefficient (Wildman–Crippen LogP) is 5.41. The number of nitrogens with one attached hydrogen (secondary N) is 1. The zero-order valence-electron chi connectivity index (χ0n) is 19.8. The number of amides is 1. The molecule has 33 heavy (non-hydrogen) atoms. The molecule has 176 valence electrons. The minimum absolute atomic E-state index is 0.222. The highest BCUT2D eigenvalue weighted by molar-refractivity contribution is 6.05. The number of para-hydroxylation sites is 2. The van der Waals surface area contributed by atoms with Crippen LogP contribution < -0.4 is 10.1 Å². The van der Waals surface area contributed by atoms with Gasteiger partial charge in [0.2, 0.25) is 0 Å². The number of aliphatic hydroxyl groups is 1.